The van der Waals surface area contributed by atoms with Crippen LogP contribution in [0.25, 0.3) is 5.95 Å². The highest BCUT2D eigenvalue weighted by atomic mass is 16.5. The number of hydrogen-bond acceptors (Lipinski definition) is 7. The third kappa shape index (κ3) is 4.12. The van der Waals surface area contributed by atoms with Gasteiger partial charge in [-0.05, 0) is 12.8 Å². The molecule has 2 rings (SSSR count). The van der Waals surface area contributed by atoms with Crippen LogP contribution in [0.15, 0.2) is 18.7 Å². The molecule has 0 spiro atoms. The number of ether oxygens (including phenoxy) is 1. The van der Waals surface area contributed by atoms with Crippen molar-refractivity contribution in [3.63, 3.8) is 0 Å². The van der Waals surface area contributed by atoms with Crippen molar-refractivity contribution in [2.45, 2.75) is 26.8 Å². The molecule has 8 nitrogen and oxygen atoms in total. The Morgan fingerprint density at radius 2 is 2.14 bits per heavy atom. The van der Waals surface area contributed by atoms with Gasteiger partial charge in [-0.1, -0.05) is 13.8 Å². The summed E-state index contributed by atoms with van der Waals surface area (Å²) < 4.78 is 7.16. The van der Waals surface area contributed by atoms with Gasteiger partial charge in [0.05, 0.1) is 12.6 Å². The highest BCUT2D eigenvalue weighted by molar-refractivity contribution is 5.36. The number of nitrogens with two attached hydrogens (primary N) is 1. The number of nitrogens with one attached hydrogen (secondary N) is 1. The van der Waals surface area contributed by atoms with Crippen LogP contribution in [0.3, 0.4) is 0 Å². The number of aromatic nitrogens is 5. The van der Waals surface area contributed by atoms with E-state index in [1.165, 1.54) is 0 Å². The number of anilines is 2. The molecule has 0 saturated heterocycles. The zero-order valence-electron chi connectivity index (χ0n) is 12.5. The van der Waals surface area contributed by atoms with Gasteiger partial charge in [-0.2, -0.15) is 15.0 Å². The molecule has 114 valence electrons. The fourth-order valence-corrected chi connectivity index (χ4v) is 1.75. The number of nitrogens with zero attached hydrogens (tertiary/aromatic N) is 5. The Bertz CT molecular complexity index is 556. The average Bonchev–Trinajstić information content (AvgIpc) is 2.96. The molecule has 8 heteroatoms. The van der Waals surface area contributed by atoms with Gasteiger partial charge in [0.2, 0.25) is 17.8 Å². The van der Waals surface area contributed by atoms with Crippen molar-refractivity contribution in [3.8, 4) is 5.95 Å². The smallest absolute Gasteiger partial charge is 0.241 e. The van der Waals surface area contributed by atoms with Crippen molar-refractivity contribution in [1.82, 2.24) is 24.5 Å². The van der Waals surface area contributed by atoms with Crippen LogP contribution in [0.4, 0.5) is 11.9 Å². The van der Waals surface area contributed by atoms with Gasteiger partial charge < -0.3 is 15.8 Å². The predicted octanol–water partition coefficient (Wildman–Crippen LogP) is 1.11. The van der Waals surface area contributed by atoms with Crippen molar-refractivity contribution < 1.29 is 4.74 Å². The van der Waals surface area contributed by atoms with E-state index in [0.29, 0.717) is 31.0 Å². The zero-order chi connectivity index (χ0) is 15.2. The van der Waals surface area contributed by atoms with E-state index in [1.807, 2.05) is 6.92 Å². The monoisotopic (exact) mass is 291 g/mol. The van der Waals surface area contributed by atoms with E-state index < -0.39 is 0 Å². The Kier molecular flexibility index (Phi) is 5.04. The lowest BCUT2D eigenvalue weighted by Crippen LogP contribution is -2.32. The average molecular weight is 291 g/mol. The minimum Gasteiger partial charge on any atom is -0.380 e. The summed E-state index contributed by atoms with van der Waals surface area (Å²) in [5.41, 5.74) is 5.75. The fraction of sp³-hybridized carbons (Fsp3) is 0.538. The van der Waals surface area contributed by atoms with Gasteiger partial charge in [0.25, 0.3) is 0 Å². The predicted molar refractivity (Wildman–Crippen MR) is 80.1 cm³/mol. The Morgan fingerprint density at radius 1 is 1.33 bits per heavy atom. The summed E-state index contributed by atoms with van der Waals surface area (Å²) in [7, 11) is 0. The molecule has 0 amide bonds. The third-order valence-electron chi connectivity index (χ3n) is 3.00. The summed E-state index contributed by atoms with van der Waals surface area (Å²) in [6.07, 6.45) is 5.01. The first kappa shape index (κ1) is 15.2. The zero-order valence-corrected chi connectivity index (χ0v) is 12.5. The molecule has 2 aromatic rings. The first-order valence-corrected chi connectivity index (χ1v) is 6.94. The van der Waals surface area contributed by atoms with E-state index in [4.69, 9.17) is 10.5 Å². The second kappa shape index (κ2) is 6.98. The number of nitrogen functional groups attached to an aromatic ring is 1. The Morgan fingerprint density at radius 3 is 2.76 bits per heavy atom. The standard InChI is InChI=1S/C13H21N7O/c1-4-21-7-10(9(2)3)16-12-17-11(14)18-13(19-12)20-6-5-15-8-20/h5-6,8-10H,4,7H2,1-3H3,(H3,14,16,17,18,19). The van der Waals surface area contributed by atoms with E-state index in [0.717, 1.165) is 0 Å². The molecule has 0 aromatic carbocycles. The minimum absolute atomic E-state index is 0.0994. The van der Waals surface area contributed by atoms with Crippen LogP contribution in [0.2, 0.25) is 0 Å². The van der Waals surface area contributed by atoms with Crippen molar-refractivity contribution in [1.29, 1.82) is 0 Å². The van der Waals surface area contributed by atoms with Crippen molar-refractivity contribution >= 4 is 11.9 Å². The second-order valence-corrected chi connectivity index (χ2v) is 4.94. The van der Waals surface area contributed by atoms with Gasteiger partial charge >= 0.3 is 0 Å². The Hall–Kier alpha value is -2.22. The second-order valence-electron chi connectivity index (χ2n) is 4.94. The van der Waals surface area contributed by atoms with Gasteiger partial charge in [-0.3, -0.25) is 4.57 Å². The SMILES string of the molecule is CCOCC(Nc1nc(N)nc(-n2ccnc2)n1)C(C)C. The lowest BCUT2D eigenvalue weighted by atomic mass is 10.1. The molecular formula is C13H21N7O. The molecule has 2 heterocycles. The van der Waals surface area contributed by atoms with Gasteiger partial charge in [0.1, 0.15) is 6.33 Å². The molecule has 1 unspecified atom stereocenters. The van der Waals surface area contributed by atoms with Gasteiger partial charge in [-0.15, -0.1) is 0 Å². The molecule has 0 aliphatic rings. The molecule has 0 saturated carbocycles. The van der Waals surface area contributed by atoms with E-state index in [9.17, 15) is 0 Å². The molecule has 0 fully saturated rings. The van der Waals surface area contributed by atoms with Crippen LogP contribution < -0.4 is 11.1 Å². The van der Waals surface area contributed by atoms with Crippen LogP contribution in [0, 0.1) is 5.92 Å². The van der Waals surface area contributed by atoms with Crippen molar-refractivity contribution in [3.05, 3.63) is 18.7 Å². The van der Waals surface area contributed by atoms with Gasteiger partial charge in [-0.25, -0.2) is 4.98 Å². The maximum Gasteiger partial charge on any atom is 0.241 e. The lowest BCUT2D eigenvalue weighted by Gasteiger charge is -2.22. The molecule has 21 heavy (non-hydrogen) atoms. The van der Waals surface area contributed by atoms with E-state index >= 15 is 0 Å². The normalized spacial score (nSPS) is 12.6. The summed E-state index contributed by atoms with van der Waals surface area (Å²) in [5.74, 6) is 1.40. The van der Waals surface area contributed by atoms with Crippen LogP contribution in [0.1, 0.15) is 20.8 Å². The molecule has 0 radical (unpaired) electrons. The molecule has 1 atom stereocenters. The maximum atomic E-state index is 5.75. The van der Waals surface area contributed by atoms with Crippen LogP contribution >= 0.6 is 0 Å². The topological polar surface area (TPSA) is 104 Å². The maximum absolute atomic E-state index is 5.75. The molecule has 0 aliphatic carbocycles. The van der Waals surface area contributed by atoms with Crippen LogP contribution in [-0.2, 0) is 4.74 Å². The summed E-state index contributed by atoms with van der Waals surface area (Å²) in [6.45, 7) is 7.44. The highest BCUT2D eigenvalue weighted by Crippen LogP contribution is 2.12. The van der Waals surface area contributed by atoms with E-state index in [-0.39, 0.29) is 12.0 Å². The number of imidazole rings is 1. The van der Waals surface area contributed by atoms with E-state index in [2.05, 4.69) is 39.1 Å². The number of hydrogen-bond donors (Lipinski definition) is 2. The molecule has 3 N–H and O–H groups in total. The van der Waals surface area contributed by atoms with Gasteiger partial charge in [0.15, 0.2) is 0 Å². The van der Waals surface area contributed by atoms with Gasteiger partial charge in [0, 0.05) is 19.0 Å². The summed E-state index contributed by atoms with van der Waals surface area (Å²) in [4.78, 5) is 16.6. The minimum atomic E-state index is 0.0994. The first-order valence-electron chi connectivity index (χ1n) is 6.94. The molecule has 2 aromatic heterocycles. The molecular weight excluding hydrogens is 270 g/mol. The summed E-state index contributed by atoms with van der Waals surface area (Å²) in [6, 6.07) is 0.0994. The highest BCUT2D eigenvalue weighted by Gasteiger charge is 2.16. The number of rotatable bonds is 7. The van der Waals surface area contributed by atoms with Crippen molar-refractivity contribution in [2.24, 2.45) is 5.92 Å². The van der Waals surface area contributed by atoms with Crippen molar-refractivity contribution in [2.75, 3.05) is 24.3 Å². The summed E-state index contributed by atoms with van der Waals surface area (Å²) >= 11 is 0. The van der Waals surface area contributed by atoms with E-state index in [1.54, 1.807) is 23.3 Å². The largest absolute Gasteiger partial charge is 0.380 e. The first-order chi connectivity index (χ1) is 10.1. The third-order valence-corrected chi connectivity index (χ3v) is 3.00. The van der Waals surface area contributed by atoms with Crippen LogP contribution in [-0.4, -0.2) is 43.8 Å². The fourth-order valence-electron chi connectivity index (χ4n) is 1.75. The summed E-state index contributed by atoms with van der Waals surface area (Å²) in [5, 5.41) is 3.26. The Balaban J connectivity index is 2.19. The van der Waals surface area contributed by atoms with Crippen LogP contribution in [0.5, 0.6) is 0 Å². The Labute approximate surface area is 123 Å². The molecule has 0 aliphatic heterocycles. The lowest BCUT2D eigenvalue weighted by molar-refractivity contribution is 0.126. The quantitative estimate of drug-likeness (QED) is 0.787. The molecule has 0 bridgehead atoms.